The Hall–Kier alpha value is -2.96. The van der Waals surface area contributed by atoms with Gasteiger partial charge in [0.1, 0.15) is 17.5 Å². The van der Waals surface area contributed by atoms with Crippen molar-refractivity contribution in [3.63, 3.8) is 0 Å². The molecule has 4 rings (SSSR count). The number of hydrogen-bond acceptors (Lipinski definition) is 2. The van der Waals surface area contributed by atoms with Crippen LogP contribution in [0.15, 0.2) is 41.2 Å². The normalized spacial score (nSPS) is 12.1. The van der Waals surface area contributed by atoms with E-state index in [0.29, 0.717) is 34.8 Å². The van der Waals surface area contributed by atoms with Crippen molar-refractivity contribution in [1.82, 2.24) is 18.7 Å². The third kappa shape index (κ3) is 3.53. The first-order valence-electron chi connectivity index (χ1n) is 10.3. The van der Waals surface area contributed by atoms with Crippen molar-refractivity contribution < 1.29 is 8.78 Å². The van der Waals surface area contributed by atoms with Gasteiger partial charge in [0, 0.05) is 18.7 Å². The summed E-state index contributed by atoms with van der Waals surface area (Å²) >= 11 is 0. The molecule has 0 aliphatic heterocycles. The molecule has 2 heterocycles. The molecule has 0 radical (unpaired) electrons. The molecule has 0 aliphatic carbocycles. The van der Waals surface area contributed by atoms with Crippen LogP contribution < -0.4 is 5.69 Å². The summed E-state index contributed by atoms with van der Waals surface area (Å²) in [4.78, 5) is 17.8. The second-order valence-electron chi connectivity index (χ2n) is 8.46. The van der Waals surface area contributed by atoms with Crippen LogP contribution in [0.3, 0.4) is 0 Å². The molecule has 7 heteroatoms. The number of aromatic nitrogens is 4. The molecule has 0 fully saturated rings. The van der Waals surface area contributed by atoms with Gasteiger partial charge in [0.2, 0.25) is 0 Å². The number of fused-ring (bicyclic) bond motifs is 2. The summed E-state index contributed by atoms with van der Waals surface area (Å²) in [7, 11) is 0. The summed E-state index contributed by atoms with van der Waals surface area (Å²) in [6.07, 6.45) is 0.924. The van der Waals surface area contributed by atoms with E-state index in [2.05, 4.69) is 18.8 Å². The predicted octanol–water partition coefficient (Wildman–Crippen LogP) is 5.11. The van der Waals surface area contributed by atoms with Crippen molar-refractivity contribution in [1.29, 1.82) is 0 Å². The van der Waals surface area contributed by atoms with Gasteiger partial charge in [-0.05, 0) is 56.5 Å². The zero-order chi connectivity index (χ0) is 21.6. The van der Waals surface area contributed by atoms with Crippen molar-refractivity contribution in [3.8, 4) is 0 Å². The molecule has 0 spiro atoms. The Morgan fingerprint density at radius 1 is 0.900 bits per heavy atom. The van der Waals surface area contributed by atoms with Crippen LogP contribution in [0.1, 0.15) is 46.0 Å². The first-order chi connectivity index (χ1) is 14.3. The Labute approximate surface area is 173 Å². The minimum absolute atomic E-state index is 0.0689. The maximum Gasteiger partial charge on any atom is 0.329 e. The van der Waals surface area contributed by atoms with Crippen LogP contribution in [0.25, 0.3) is 22.1 Å². The maximum absolute atomic E-state index is 14.0. The molecule has 0 saturated carbocycles. The zero-order valence-electron chi connectivity index (χ0n) is 17.7. The standard InChI is InChI=1S/C23H26F2N4O/c1-14(2)9-10-27-19-7-5-16(24)11-18(19)26-22(27)13-28-21-12-17(25)6-8-20(21)29(15(3)4)23(28)30/h5-8,11-12,14-15H,9-10,13H2,1-4H3. The number of halogens is 2. The lowest BCUT2D eigenvalue weighted by atomic mass is 10.1. The number of benzene rings is 2. The summed E-state index contributed by atoms with van der Waals surface area (Å²) in [6.45, 7) is 9.03. The number of rotatable bonds is 6. The Morgan fingerprint density at radius 3 is 2.23 bits per heavy atom. The average molecular weight is 412 g/mol. The highest BCUT2D eigenvalue weighted by atomic mass is 19.1. The van der Waals surface area contributed by atoms with Crippen LogP contribution in [0.4, 0.5) is 8.78 Å². The molecular weight excluding hydrogens is 386 g/mol. The zero-order valence-corrected chi connectivity index (χ0v) is 17.7. The molecule has 5 nitrogen and oxygen atoms in total. The largest absolute Gasteiger partial charge is 0.329 e. The molecular formula is C23H26F2N4O. The monoisotopic (exact) mass is 412 g/mol. The Bertz CT molecular complexity index is 1280. The fourth-order valence-corrected chi connectivity index (χ4v) is 3.96. The van der Waals surface area contributed by atoms with Gasteiger partial charge >= 0.3 is 5.69 Å². The summed E-state index contributed by atoms with van der Waals surface area (Å²) in [5.74, 6) is 0.395. The molecule has 2 aromatic carbocycles. The van der Waals surface area contributed by atoms with Crippen molar-refractivity contribution in [2.75, 3.05) is 0 Å². The summed E-state index contributed by atoms with van der Waals surface area (Å²) in [5.41, 5.74) is 2.40. The highest BCUT2D eigenvalue weighted by molar-refractivity contribution is 5.77. The van der Waals surface area contributed by atoms with Crippen molar-refractivity contribution in [3.05, 3.63) is 64.3 Å². The van der Waals surface area contributed by atoms with Gasteiger partial charge < -0.3 is 4.57 Å². The van der Waals surface area contributed by atoms with Gasteiger partial charge in [-0.25, -0.2) is 18.6 Å². The third-order valence-electron chi connectivity index (χ3n) is 5.46. The molecule has 0 aliphatic rings. The Morgan fingerprint density at radius 2 is 1.57 bits per heavy atom. The number of aryl methyl sites for hydroxylation is 1. The van der Waals surface area contributed by atoms with Gasteiger partial charge in [-0.3, -0.25) is 9.13 Å². The first-order valence-corrected chi connectivity index (χ1v) is 10.3. The van der Waals surface area contributed by atoms with Crippen LogP contribution in [-0.2, 0) is 13.1 Å². The summed E-state index contributed by atoms with van der Waals surface area (Å²) in [5, 5.41) is 0. The fourth-order valence-electron chi connectivity index (χ4n) is 3.96. The van der Waals surface area contributed by atoms with E-state index in [9.17, 15) is 13.6 Å². The van der Waals surface area contributed by atoms with Crippen LogP contribution >= 0.6 is 0 Å². The van der Waals surface area contributed by atoms with E-state index in [0.717, 1.165) is 11.9 Å². The lowest BCUT2D eigenvalue weighted by molar-refractivity contribution is 0.504. The van der Waals surface area contributed by atoms with E-state index in [-0.39, 0.29) is 24.1 Å². The van der Waals surface area contributed by atoms with E-state index in [1.165, 1.54) is 24.3 Å². The smallest absolute Gasteiger partial charge is 0.326 e. The SMILES string of the molecule is CC(C)CCn1c(Cn2c(=O)n(C(C)C)c3ccc(F)cc32)nc2cc(F)ccc21. The second-order valence-corrected chi connectivity index (χ2v) is 8.46. The second kappa shape index (κ2) is 7.70. The number of nitrogens with zero attached hydrogens (tertiary/aromatic N) is 4. The fraction of sp³-hybridized carbons (Fsp3) is 0.391. The Kier molecular flexibility index (Phi) is 5.22. The molecule has 2 aromatic heterocycles. The number of hydrogen-bond donors (Lipinski definition) is 0. The van der Waals surface area contributed by atoms with E-state index in [4.69, 9.17) is 0 Å². The van der Waals surface area contributed by atoms with Gasteiger partial charge in [0.15, 0.2) is 0 Å². The topological polar surface area (TPSA) is 44.8 Å². The van der Waals surface area contributed by atoms with Gasteiger partial charge in [-0.15, -0.1) is 0 Å². The minimum Gasteiger partial charge on any atom is -0.326 e. The Balaban J connectivity index is 1.89. The first kappa shape index (κ1) is 20.3. The molecule has 4 aromatic rings. The van der Waals surface area contributed by atoms with E-state index < -0.39 is 5.82 Å². The van der Waals surface area contributed by atoms with E-state index >= 15 is 0 Å². The van der Waals surface area contributed by atoms with Crippen LogP contribution in [0.2, 0.25) is 0 Å². The molecule has 0 bridgehead atoms. The molecule has 158 valence electrons. The van der Waals surface area contributed by atoms with E-state index in [1.807, 2.05) is 18.4 Å². The molecule has 0 N–H and O–H groups in total. The third-order valence-corrected chi connectivity index (χ3v) is 5.46. The maximum atomic E-state index is 14.0. The van der Waals surface area contributed by atoms with Gasteiger partial charge in [-0.2, -0.15) is 0 Å². The van der Waals surface area contributed by atoms with E-state index in [1.54, 1.807) is 21.3 Å². The average Bonchev–Trinajstić information content (AvgIpc) is 3.14. The molecule has 30 heavy (non-hydrogen) atoms. The molecule has 0 saturated heterocycles. The highest BCUT2D eigenvalue weighted by Gasteiger charge is 2.19. The minimum atomic E-state index is -0.396. The summed E-state index contributed by atoms with van der Waals surface area (Å²) < 4.78 is 33.0. The van der Waals surface area contributed by atoms with Crippen LogP contribution in [0, 0.1) is 17.6 Å². The van der Waals surface area contributed by atoms with Gasteiger partial charge in [-0.1, -0.05) is 13.8 Å². The lowest BCUT2D eigenvalue weighted by Gasteiger charge is -2.12. The van der Waals surface area contributed by atoms with Crippen molar-refractivity contribution in [2.45, 2.75) is 53.2 Å². The van der Waals surface area contributed by atoms with Crippen LogP contribution in [-0.4, -0.2) is 18.7 Å². The van der Waals surface area contributed by atoms with Crippen LogP contribution in [0.5, 0.6) is 0 Å². The lowest BCUT2D eigenvalue weighted by Crippen LogP contribution is -2.27. The van der Waals surface area contributed by atoms with Crippen molar-refractivity contribution >= 4 is 22.1 Å². The molecule has 0 atom stereocenters. The molecule has 0 amide bonds. The van der Waals surface area contributed by atoms with Gasteiger partial charge in [0.05, 0.1) is 28.6 Å². The quantitative estimate of drug-likeness (QED) is 0.442. The van der Waals surface area contributed by atoms with Crippen molar-refractivity contribution in [2.24, 2.45) is 5.92 Å². The number of imidazole rings is 2. The highest BCUT2D eigenvalue weighted by Crippen LogP contribution is 2.23. The summed E-state index contributed by atoms with van der Waals surface area (Å²) in [6, 6.07) is 8.87. The predicted molar refractivity (Wildman–Crippen MR) is 115 cm³/mol. The van der Waals surface area contributed by atoms with Gasteiger partial charge in [0.25, 0.3) is 0 Å². The molecule has 0 unspecified atom stereocenters.